The van der Waals surface area contributed by atoms with E-state index in [1.807, 2.05) is 0 Å². The van der Waals surface area contributed by atoms with Crippen LogP contribution in [0, 0.1) is 0 Å². The van der Waals surface area contributed by atoms with E-state index < -0.39 is 0 Å². The van der Waals surface area contributed by atoms with E-state index in [0.717, 1.165) is 25.8 Å². The van der Waals surface area contributed by atoms with Crippen LogP contribution in [0.2, 0.25) is 0 Å². The minimum atomic E-state index is -0.230. The zero-order chi connectivity index (χ0) is 14.1. The molecule has 5 heteroatoms. The number of ether oxygens (including phenoxy) is 1. The van der Waals surface area contributed by atoms with Gasteiger partial charge in [0.15, 0.2) is 5.11 Å². The summed E-state index contributed by atoms with van der Waals surface area (Å²) < 4.78 is 5.07. The SMILES string of the molecule is CCCCCNC(=S)NC(=O)c1cccc(OC)c1. The topological polar surface area (TPSA) is 50.4 Å². The fourth-order valence-corrected chi connectivity index (χ4v) is 1.76. The third-order valence-corrected chi connectivity index (χ3v) is 2.87. The molecule has 2 N–H and O–H groups in total. The van der Waals surface area contributed by atoms with Gasteiger partial charge in [-0.2, -0.15) is 0 Å². The lowest BCUT2D eigenvalue weighted by molar-refractivity contribution is 0.0976. The van der Waals surface area contributed by atoms with E-state index in [1.165, 1.54) is 0 Å². The predicted octanol–water partition coefficient (Wildman–Crippen LogP) is 2.49. The highest BCUT2D eigenvalue weighted by Crippen LogP contribution is 2.12. The fourth-order valence-electron chi connectivity index (χ4n) is 1.56. The van der Waals surface area contributed by atoms with Crippen LogP contribution in [0.4, 0.5) is 0 Å². The van der Waals surface area contributed by atoms with Crippen molar-refractivity contribution in [1.29, 1.82) is 0 Å². The number of methoxy groups -OCH3 is 1. The van der Waals surface area contributed by atoms with Gasteiger partial charge in [0.2, 0.25) is 0 Å². The number of hydrogen-bond donors (Lipinski definition) is 2. The van der Waals surface area contributed by atoms with E-state index in [-0.39, 0.29) is 5.91 Å². The summed E-state index contributed by atoms with van der Waals surface area (Å²) in [6.45, 7) is 2.92. The van der Waals surface area contributed by atoms with Crippen molar-refractivity contribution in [3.63, 3.8) is 0 Å². The first-order chi connectivity index (χ1) is 9.17. The maximum absolute atomic E-state index is 11.9. The first-order valence-corrected chi connectivity index (χ1v) is 6.81. The molecule has 4 nitrogen and oxygen atoms in total. The number of thiocarbonyl (C=S) groups is 1. The Balaban J connectivity index is 2.43. The molecule has 1 rings (SSSR count). The van der Waals surface area contributed by atoms with Crippen molar-refractivity contribution in [2.45, 2.75) is 26.2 Å². The number of amides is 1. The summed E-state index contributed by atoms with van der Waals surface area (Å²) in [5.41, 5.74) is 0.525. The molecule has 0 saturated carbocycles. The second-order valence-electron chi connectivity index (χ2n) is 4.15. The number of benzene rings is 1. The van der Waals surface area contributed by atoms with Gasteiger partial charge in [0.05, 0.1) is 7.11 Å². The van der Waals surface area contributed by atoms with Crippen LogP contribution in [0.15, 0.2) is 24.3 Å². The normalized spacial score (nSPS) is 9.79. The van der Waals surface area contributed by atoms with Crippen LogP contribution >= 0.6 is 12.2 Å². The van der Waals surface area contributed by atoms with Gasteiger partial charge >= 0.3 is 0 Å². The number of nitrogens with one attached hydrogen (secondary N) is 2. The van der Waals surface area contributed by atoms with E-state index in [0.29, 0.717) is 16.4 Å². The van der Waals surface area contributed by atoms with Gasteiger partial charge in [-0.3, -0.25) is 10.1 Å². The zero-order valence-corrected chi connectivity index (χ0v) is 12.2. The number of carbonyl (C=O) groups is 1. The Morgan fingerprint density at radius 1 is 1.37 bits per heavy atom. The highest BCUT2D eigenvalue weighted by molar-refractivity contribution is 7.80. The van der Waals surface area contributed by atoms with E-state index >= 15 is 0 Å². The quantitative estimate of drug-likeness (QED) is 0.621. The maximum Gasteiger partial charge on any atom is 0.257 e. The highest BCUT2D eigenvalue weighted by Gasteiger charge is 2.08. The average Bonchev–Trinajstić information content (AvgIpc) is 2.43. The Bertz CT molecular complexity index is 435. The lowest BCUT2D eigenvalue weighted by atomic mass is 10.2. The first kappa shape index (κ1) is 15.4. The monoisotopic (exact) mass is 280 g/mol. The van der Waals surface area contributed by atoms with Gasteiger partial charge in [-0.05, 0) is 36.8 Å². The molecule has 19 heavy (non-hydrogen) atoms. The summed E-state index contributed by atoms with van der Waals surface area (Å²) in [5, 5.41) is 6.03. The largest absolute Gasteiger partial charge is 0.497 e. The number of hydrogen-bond acceptors (Lipinski definition) is 3. The van der Waals surface area contributed by atoms with Crippen LogP contribution in [-0.4, -0.2) is 24.7 Å². The molecule has 0 bridgehead atoms. The van der Waals surface area contributed by atoms with Crippen LogP contribution in [-0.2, 0) is 0 Å². The van der Waals surface area contributed by atoms with Crippen molar-refractivity contribution in [2.75, 3.05) is 13.7 Å². The predicted molar refractivity (Wildman–Crippen MR) is 80.6 cm³/mol. The summed E-state index contributed by atoms with van der Waals surface area (Å²) >= 11 is 5.07. The Morgan fingerprint density at radius 3 is 2.84 bits per heavy atom. The van der Waals surface area contributed by atoms with Crippen LogP contribution < -0.4 is 15.4 Å². The van der Waals surface area contributed by atoms with Crippen molar-refractivity contribution in [3.8, 4) is 5.75 Å². The molecule has 0 aliphatic heterocycles. The standard InChI is InChI=1S/C14H20N2O2S/c1-3-4-5-9-15-14(19)16-13(17)11-7-6-8-12(10-11)18-2/h6-8,10H,3-5,9H2,1-2H3,(H2,15,16,17,19). The maximum atomic E-state index is 11.9. The Kier molecular flexibility index (Phi) is 6.89. The van der Waals surface area contributed by atoms with Crippen LogP contribution in [0.5, 0.6) is 5.75 Å². The molecule has 0 aromatic heterocycles. The van der Waals surface area contributed by atoms with Gasteiger partial charge in [0.1, 0.15) is 5.75 Å². The van der Waals surface area contributed by atoms with Gasteiger partial charge < -0.3 is 10.1 Å². The molecule has 104 valence electrons. The Labute approximate surface area is 119 Å². The molecule has 1 aromatic carbocycles. The average molecular weight is 280 g/mol. The van der Waals surface area contributed by atoms with Crippen molar-refractivity contribution in [3.05, 3.63) is 29.8 Å². The van der Waals surface area contributed by atoms with Gasteiger partial charge in [-0.25, -0.2) is 0 Å². The number of carbonyl (C=O) groups excluding carboxylic acids is 1. The first-order valence-electron chi connectivity index (χ1n) is 6.40. The molecule has 0 heterocycles. The smallest absolute Gasteiger partial charge is 0.257 e. The Morgan fingerprint density at radius 2 is 2.16 bits per heavy atom. The fraction of sp³-hybridized carbons (Fsp3) is 0.429. The molecule has 0 aliphatic rings. The molecule has 0 aliphatic carbocycles. The van der Waals surface area contributed by atoms with Crippen LogP contribution in [0.1, 0.15) is 36.5 Å². The summed E-state index contributed by atoms with van der Waals surface area (Å²) in [7, 11) is 1.57. The number of rotatable bonds is 6. The van der Waals surface area contributed by atoms with Crippen LogP contribution in [0.25, 0.3) is 0 Å². The molecule has 0 radical (unpaired) electrons. The second kappa shape index (κ2) is 8.48. The third kappa shape index (κ3) is 5.70. The van der Waals surface area contributed by atoms with Crippen molar-refractivity contribution in [2.24, 2.45) is 0 Å². The molecular formula is C14H20N2O2S. The molecule has 0 atom stereocenters. The van der Waals surface area contributed by atoms with E-state index in [4.69, 9.17) is 17.0 Å². The summed E-state index contributed by atoms with van der Waals surface area (Å²) in [6.07, 6.45) is 3.36. The molecule has 1 aromatic rings. The van der Waals surface area contributed by atoms with Crippen molar-refractivity contribution >= 4 is 23.2 Å². The lowest BCUT2D eigenvalue weighted by Crippen LogP contribution is -2.39. The molecule has 0 spiro atoms. The van der Waals surface area contributed by atoms with E-state index in [9.17, 15) is 4.79 Å². The molecule has 0 unspecified atom stereocenters. The highest BCUT2D eigenvalue weighted by atomic mass is 32.1. The van der Waals surface area contributed by atoms with Gasteiger partial charge in [0, 0.05) is 12.1 Å². The molecular weight excluding hydrogens is 260 g/mol. The molecule has 1 amide bonds. The van der Waals surface area contributed by atoms with Crippen molar-refractivity contribution < 1.29 is 9.53 Å². The van der Waals surface area contributed by atoms with Crippen LogP contribution in [0.3, 0.4) is 0 Å². The minimum Gasteiger partial charge on any atom is -0.497 e. The van der Waals surface area contributed by atoms with Crippen molar-refractivity contribution in [1.82, 2.24) is 10.6 Å². The summed E-state index contributed by atoms with van der Waals surface area (Å²) in [6, 6.07) is 6.95. The third-order valence-electron chi connectivity index (χ3n) is 2.62. The summed E-state index contributed by atoms with van der Waals surface area (Å²) in [5.74, 6) is 0.418. The van der Waals surface area contributed by atoms with Gasteiger partial charge in [-0.1, -0.05) is 25.8 Å². The van der Waals surface area contributed by atoms with Gasteiger partial charge in [-0.15, -0.1) is 0 Å². The van der Waals surface area contributed by atoms with Gasteiger partial charge in [0.25, 0.3) is 5.91 Å². The number of unbranched alkanes of at least 4 members (excludes halogenated alkanes) is 2. The second-order valence-corrected chi connectivity index (χ2v) is 4.56. The summed E-state index contributed by atoms with van der Waals surface area (Å²) in [4.78, 5) is 11.9. The molecule has 0 saturated heterocycles. The van der Waals surface area contributed by atoms with E-state index in [2.05, 4.69) is 17.6 Å². The zero-order valence-electron chi connectivity index (χ0n) is 11.4. The lowest BCUT2D eigenvalue weighted by Gasteiger charge is -2.09. The van der Waals surface area contributed by atoms with E-state index in [1.54, 1.807) is 31.4 Å². The molecule has 0 fully saturated rings. The Hall–Kier alpha value is -1.62. The minimum absolute atomic E-state index is 0.230.